The Labute approximate surface area is 83.1 Å². The molecule has 1 aliphatic rings. The van der Waals surface area contributed by atoms with Gasteiger partial charge in [-0.2, -0.15) is 0 Å². The van der Waals surface area contributed by atoms with Gasteiger partial charge in [0.2, 0.25) is 5.28 Å². The second kappa shape index (κ2) is 2.98. The zero-order valence-corrected chi connectivity index (χ0v) is 8.80. The Balaban J connectivity index is 2.17. The molecule has 0 amide bonds. The number of hydrogen-bond donors (Lipinski definition) is 0. The Morgan fingerprint density at radius 3 is 2.54 bits per heavy atom. The van der Waals surface area contributed by atoms with Crippen molar-refractivity contribution < 1.29 is 0 Å². The quantitative estimate of drug-likeness (QED) is 0.749. The molecule has 72 valence electrons. The lowest BCUT2D eigenvalue weighted by Gasteiger charge is -2.13. The Morgan fingerprint density at radius 2 is 2.15 bits per heavy atom. The smallest absolute Gasteiger partial charge is 0.225 e. The van der Waals surface area contributed by atoms with Gasteiger partial charge in [-0.05, 0) is 43.2 Å². The first kappa shape index (κ1) is 9.00. The third-order valence-electron chi connectivity index (χ3n) is 3.09. The van der Waals surface area contributed by atoms with Crippen LogP contribution >= 0.6 is 11.6 Å². The van der Waals surface area contributed by atoms with Gasteiger partial charge in [-0.15, -0.1) is 10.2 Å². The van der Waals surface area contributed by atoms with Crippen molar-refractivity contribution in [2.45, 2.75) is 39.7 Å². The molecule has 0 aromatic carbocycles. The molecular weight excluding hydrogens is 186 g/mol. The molecule has 2 rings (SSSR count). The number of rotatable bonds is 3. The molecule has 1 heterocycles. The lowest BCUT2D eigenvalue weighted by Crippen LogP contribution is -2.12. The van der Waals surface area contributed by atoms with Crippen molar-refractivity contribution in [1.29, 1.82) is 0 Å². The van der Waals surface area contributed by atoms with Crippen LogP contribution in [-0.4, -0.2) is 14.8 Å². The fraction of sp³-hybridized carbons (Fsp3) is 0.778. The first-order valence-corrected chi connectivity index (χ1v) is 5.10. The summed E-state index contributed by atoms with van der Waals surface area (Å²) in [6, 6.07) is 0. The summed E-state index contributed by atoms with van der Waals surface area (Å²) in [7, 11) is 0. The zero-order valence-electron chi connectivity index (χ0n) is 8.05. The summed E-state index contributed by atoms with van der Waals surface area (Å²) in [5.41, 5.74) is 0.497. The van der Waals surface area contributed by atoms with Crippen molar-refractivity contribution in [3.05, 3.63) is 11.1 Å². The third-order valence-corrected chi connectivity index (χ3v) is 3.37. The molecular formula is C9H14ClN3. The second-order valence-electron chi connectivity index (χ2n) is 3.96. The Morgan fingerprint density at radius 1 is 1.46 bits per heavy atom. The standard InChI is InChI=1S/C9H14ClN3/c1-3-9(4-5-9)6-13-7(2)11-12-8(13)10/h3-6H2,1-2H3. The molecule has 0 aliphatic heterocycles. The predicted octanol–water partition coefficient (Wildman–Crippen LogP) is 2.43. The molecule has 0 unspecified atom stereocenters. The number of nitrogens with zero attached hydrogens (tertiary/aromatic N) is 3. The maximum atomic E-state index is 5.93. The van der Waals surface area contributed by atoms with Crippen LogP contribution in [0.25, 0.3) is 0 Å². The van der Waals surface area contributed by atoms with E-state index in [2.05, 4.69) is 17.1 Å². The van der Waals surface area contributed by atoms with Crippen LogP contribution in [-0.2, 0) is 6.54 Å². The highest BCUT2D eigenvalue weighted by atomic mass is 35.5. The van der Waals surface area contributed by atoms with Crippen LogP contribution in [0.15, 0.2) is 0 Å². The molecule has 0 bridgehead atoms. The molecule has 0 saturated heterocycles. The highest BCUT2D eigenvalue weighted by Crippen LogP contribution is 2.50. The van der Waals surface area contributed by atoms with Gasteiger partial charge in [-0.25, -0.2) is 0 Å². The van der Waals surface area contributed by atoms with E-state index in [1.54, 1.807) is 0 Å². The summed E-state index contributed by atoms with van der Waals surface area (Å²) in [6.07, 6.45) is 3.86. The summed E-state index contributed by atoms with van der Waals surface area (Å²) in [5.74, 6) is 0.921. The Bertz CT molecular complexity index is 295. The van der Waals surface area contributed by atoms with Gasteiger partial charge in [0.25, 0.3) is 0 Å². The maximum absolute atomic E-state index is 5.93. The lowest BCUT2D eigenvalue weighted by atomic mass is 10.0. The van der Waals surface area contributed by atoms with Crippen LogP contribution in [0.1, 0.15) is 32.0 Å². The molecule has 0 spiro atoms. The molecule has 1 aliphatic carbocycles. The number of aryl methyl sites for hydroxylation is 1. The molecule has 1 aromatic heterocycles. The van der Waals surface area contributed by atoms with E-state index in [9.17, 15) is 0 Å². The molecule has 0 radical (unpaired) electrons. The highest BCUT2D eigenvalue weighted by Gasteiger charge is 2.41. The van der Waals surface area contributed by atoms with E-state index in [1.807, 2.05) is 11.5 Å². The lowest BCUT2D eigenvalue weighted by molar-refractivity contribution is 0.404. The van der Waals surface area contributed by atoms with Gasteiger partial charge < -0.3 is 4.57 Å². The van der Waals surface area contributed by atoms with Crippen molar-refractivity contribution in [2.24, 2.45) is 5.41 Å². The molecule has 0 atom stereocenters. The van der Waals surface area contributed by atoms with E-state index in [0.29, 0.717) is 10.7 Å². The first-order chi connectivity index (χ1) is 6.17. The van der Waals surface area contributed by atoms with Crippen molar-refractivity contribution in [1.82, 2.24) is 14.8 Å². The fourth-order valence-corrected chi connectivity index (χ4v) is 1.89. The van der Waals surface area contributed by atoms with E-state index >= 15 is 0 Å². The number of aromatic nitrogens is 3. The molecule has 4 heteroatoms. The van der Waals surface area contributed by atoms with Gasteiger partial charge in [0.15, 0.2) is 0 Å². The van der Waals surface area contributed by atoms with E-state index in [1.165, 1.54) is 19.3 Å². The van der Waals surface area contributed by atoms with Gasteiger partial charge in [0, 0.05) is 6.54 Å². The van der Waals surface area contributed by atoms with E-state index < -0.39 is 0 Å². The van der Waals surface area contributed by atoms with Crippen molar-refractivity contribution in [3.63, 3.8) is 0 Å². The van der Waals surface area contributed by atoms with Gasteiger partial charge in [0.1, 0.15) is 5.82 Å². The summed E-state index contributed by atoms with van der Waals surface area (Å²) in [4.78, 5) is 0. The maximum Gasteiger partial charge on any atom is 0.225 e. The monoisotopic (exact) mass is 199 g/mol. The van der Waals surface area contributed by atoms with E-state index in [0.717, 1.165) is 12.4 Å². The first-order valence-electron chi connectivity index (χ1n) is 4.72. The molecule has 1 aromatic rings. The van der Waals surface area contributed by atoms with Crippen molar-refractivity contribution in [2.75, 3.05) is 0 Å². The SMILES string of the molecule is CCC1(Cn2c(C)nnc2Cl)CC1. The minimum atomic E-state index is 0.497. The normalized spacial score (nSPS) is 19.0. The number of hydrogen-bond acceptors (Lipinski definition) is 2. The summed E-state index contributed by atoms with van der Waals surface area (Å²) >= 11 is 5.93. The Kier molecular flexibility index (Phi) is 2.06. The van der Waals surface area contributed by atoms with Crippen LogP contribution in [0.5, 0.6) is 0 Å². The van der Waals surface area contributed by atoms with E-state index in [-0.39, 0.29) is 0 Å². The predicted molar refractivity (Wildman–Crippen MR) is 51.7 cm³/mol. The summed E-state index contributed by atoms with van der Waals surface area (Å²) in [5, 5.41) is 8.31. The van der Waals surface area contributed by atoms with Gasteiger partial charge in [-0.1, -0.05) is 6.92 Å². The molecule has 1 fully saturated rings. The topological polar surface area (TPSA) is 30.7 Å². The van der Waals surface area contributed by atoms with Gasteiger partial charge >= 0.3 is 0 Å². The molecule has 1 saturated carbocycles. The Hall–Kier alpha value is -0.570. The third kappa shape index (κ3) is 1.57. The van der Waals surface area contributed by atoms with Crippen LogP contribution in [0.4, 0.5) is 0 Å². The highest BCUT2D eigenvalue weighted by molar-refractivity contribution is 6.28. The fourth-order valence-electron chi connectivity index (χ4n) is 1.67. The van der Waals surface area contributed by atoms with Crippen LogP contribution in [0.3, 0.4) is 0 Å². The zero-order chi connectivity index (χ0) is 9.47. The van der Waals surface area contributed by atoms with Gasteiger partial charge in [-0.3, -0.25) is 0 Å². The average molecular weight is 200 g/mol. The van der Waals surface area contributed by atoms with Crippen LogP contribution in [0, 0.1) is 12.3 Å². The van der Waals surface area contributed by atoms with Crippen LogP contribution < -0.4 is 0 Å². The van der Waals surface area contributed by atoms with Crippen LogP contribution in [0.2, 0.25) is 5.28 Å². The van der Waals surface area contributed by atoms with E-state index in [4.69, 9.17) is 11.6 Å². The molecule has 0 N–H and O–H groups in total. The molecule has 3 nitrogen and oxygen atoms in total. The second-order valence-corrected chi connectivity index (χ2v) is 4.29. The average Bonchev–Trinajstić information content (AvgIpc) is 2.84. The minimum Gasteiger partial charge on any atom is -0.301 e. The number of halogens is 1. The van der Waals surface area contributed by atoms with Gasteiger partial charge in [0.05, 0.1) is 0 Å². The summed E-state index contributed by atoms with van der Waals surface area (Å²) < 4.78 is 2.01. The summed E-state index contributed by atoms with van der Waals surface area (Å²) in [6.45, 7) is 5.17. The molecule has 13 heavy (non-hydrogen) atoms. The van der Waals surface area contributed by atoms with Crippen molar-refractivity contribution >= 4 is 11.6 Å². The van der Waals surface area contributed by atoms with Crippen molar-refractivity contribution in [3.8, 4) is 0 Å². The minimum absolute atomic E-state index is 0.497. The largest absolute Gasteiger partial charge is 0.301 e.